The predicted octanol–water partition coefficient (Wildman–Crippen LogP) is 7.13. The first kappa shape index (κ1) is 21.8. The van der Waals surface area contributed by atoms with Gasteiger partial charge in [-0.25, -0.2) is 4.39 Å². The Hall–Kier alpha value is -2.86. The lowest BCUT2D eigenvalue weighted by atomic mass is 9.84. The Balaban J connectivity index is 1.65. The van der Waals surface area contributed by atoms with E-state index in [1.165, 1.54) is 12.1 Å². The van der Waals surface area contributed by atoms with E-state index in [4.69, 9.17) is 9.47 Å². The van der Waals surface area contributed by atoms with Crippen LogP contribution in [0, 0.1) is 5.82 Å². The fourth-order valence-corrected chi connectivity index (χ4v) is 2.96. The molecule has 0 fully saturated rings. The van der Waals surface area contributed by atoms with Gasteiger partial charge in [0.1, 0.15) is 5.75 Å². The summed E-state index contributed by atoms with van der Waals surface area (Å²) in [6.45, 7) is 4.00. The number of benzene rings is 3. The highest BCUT2D eigenvalue weighted by atomic mass is 19.4. The predicted molar refractivity (Wildman–Crippen MR) is 107 cm³/mol. The Labute approximate surface area is 173 Å². The van der Waals surface area contributed by atoms with Crippen LogP contribution in [0.2, 0.25) is 0 Å². The highest BCUT2D eigenvalue weighted by Gasteiger charge is 2.32. The van der Waals surface area contributed by atoms with Crippen LogP contribution in [-0.2, 0) is 22.9 Å². The molecule has 0 aromatic heterocycles. The quantitative estimate of drug-likeness (QED) is 0.380. The van der Waals surface area contributed by atoms with Crippen molar-refractivity contribution in [3.8, 4) is 11.5 Å². The van der Waals surface area contributed by atoms with Crippen molar-refractivity contribution in [2.45, 2.75) is 32.0 Å². The highest BCUT2D eigenvalue weighted by Crippen LogP contribution is 2.33. The topological polar surface area (TPSA) is 18.5 Å². The molecule has 3 aromatic carbocycles. The first-order chi connectivity index (χ1) is 14.1. The van der Waals surface area contributed by atoms with Gasteiger partial charge in [0.15, 0.2) is 11.6 Å². The Kier molecular flexibility index (Phi) is 6.46. The summed E-state index contributed by atoms with van der Waals surface area (Å²) < 4.78 is 64.3. The zero-order valence-electron chi connectivity index (χ0n) is 16.7. The SMILES string of the molecule is CC(C)(COCc1ccc(F)c(Oc2ccccc2)c1)c1cccc(C(F)(F)F)c1. The maximum atomic E-state index is 14.1. The van der Waals surface area contributed by atoms with Crippen LogP contribution in [0.4, 0.5) is 17.6 Å². The van der Waals surface area contributed by atoms with Gasteiger partial charge < -0.3 is 9.47 Å². The lowest BCUT2D eigenvalue weighted by Gasteiger charge is -2.26. The van der Waals surface area contributed by atoms with Gasteiger partial charge in [-0.1, -0.05) is 56.3 Å². The van der Waals surface area contributed by atoms with Crippen molar-refractivity contribution >= 4 is 0 Å². The van der Waals surface area contributed by atoms with E-state index in [0.29, 0.717) is 16.9 Å². The van der Waals surface area contributed by atoms with Crippen LogP contribution < -0.4 is 4.74 Å². The Bertz CT molecular complexity index is 982. The van der Waals surface area contributed by atoms with E-state index in [1.54, 1.807) is 42.5 Å². The lowest BCUT2D eigenvalue weighted by Crippen LogP contribution is -2.25. The molecular weight excluding hydrogens is 396 g/mol. The minimum Gasteiger partial charge on any atom is -0.454 e. The average molecular weight is 418 g/mol. The maximum Gasteiger partial charge on any atom is 0.416 e. The van der Waals surface area contributed by atoms with Crippen molar-refractivity contribution in [1.29, 1.82) is 0 Å². The normalized spacial score (nSPS) is 12.1. The summed E-state index contributed by atoms with van der Waals surface area (Å²) in [4.78, 5) is 0. The van der Waals surface area contributed by atoms with Crippen LogP contribution in [0.25, 0.3) is 0 Å². The Morgan fingerprint density at radius 3 is 2.20 bits per heavy atom. The van der Waals surface area contributed by atoms with Gasteiger partial charge in [-0.15, -0.1) is 0 Å². The number of hydrogen-bond acceptors (Lipinski definition) is 2. The molecule has 0 bridgehead atoms. The highest BCUT2D eigenvalue weighted by molar-refractivity contribution is 5.35. The van der Waals surface area contributed by atoms with Gasteiger partial charge in [-0.3, -0.25) is 0 Å². The van der Waals surface area contributed by atoms with Crippen LogP contribution in [0.1, 0.15) is 30.5 Å². The van der Waals surface area contributed by atoms with Gasteiger partial charge >= 0.3 is 6.18 Å². The largest absolute Gasteiger partial charge is 0.454 e. The molecule has 2 nitrogen and oxygen atoms in total. The lowest BCUT2D eigenvalue weighted by molar-refractivity contribution is -0.137. The van der Waals surface area contributed by atoms with E-state index >= 15 is 0 Å². The van der Waals surface area contributed by atoms with E-state index in [9.17, 15) is 17.6 Å². The van der Waals surface area contributed by atoms with Crippen LogP contribution in [-0.4, -0.2) is 6.61 Å². The molecular formula is C24H22F4O2. The van der Waals surface area contributed by atoms with Crippen molar-refractivity contribution < 1.29 is 27.0 Å². The Morgan fingerprint density at radius 1 is 0.800 bits per heavy atom. The molecule has 3 rings (SSSR count). The molecule has 3 aromatic rings. The summed E-state index contributed by atoms with van der Waals surface area (Å²) in [5.74, 6) is 0.103. The van der Waals surface area contributed by atoms with Crippen molar-refractivity contribution in [1.82, 2.24) is 0 Å². The fraction of sp³-hybridized carbons (Fsp3) is 0.250. The minimum atomic E-state index is -4.39. The third kappa shape index (κ3) is 5.60. The fourth-order valence-electron chi connectivity index (χ4n) is 2.96. The number of hydrogen-bond donors (Lipinski definition) is 0. The molecule has 0 heterocycles. The summed E-state index contributed by atoms with van der Waals surface area (Å²) in [5, 5.41) is 0. The number of halogens is 4. The van der Waals surface area contributed by atoms with E-state index in [0.717, 1.165) is 12.1 Å². The van der Waals surface area contributed by atoms with Crippen molar-refractivity contribution in [3.63, 3.8) is 0 Å². The molecule has 0 N–H and O–H groups in total. The number of rotatable bonds is 7. The maximum absolute atomic E-state index is 14.1. The van der Waals surface area contributed by atoms with Gasteiger partial charge in [0, 0.05) is 5.41 Å². The molecule has 0 saturated heterocycles. The van der Waals surface area contributed by atoms with Crippen molar-refractivity contribution in [3.05, 3.63) is 95.3 Å². The summed E-state index contributed by atoms with van der Waals surface area (Å²) in [6.07, 6.45) is -4.39. The van der Waals surface area contributed by atoms with Crippen molar-refractivity contribution in [2.24, 2.45) is 0 Å². The minimum absolute atomic E-state index is 0.0828. The average Bonchev–Trinajstić information content (AvgIpc) is 2.70. The number of ether oxygens (including phenoxy) is 2. The molecule has 0 amide bonds. The molecule has 30 heavy (non-hydrogen) atoms. The summed E-state index contributed by atoms with van der Waals surface area (Å²) in [7, 11) is 0. The zero-order valence-corrected chi connectivity index (χ0v) is 16.7. The van der Waals surface area contributed by atoms with Crippen molar-refractivity contribution in [2.75, 3.05) is 6.61 Å². The van der Waals surface area contributed by atoms with Crippen LogP contribution in [0.5, 0.6) is 11.5 Å². The molecule has 0 unspecified atom stereocenters. The van der Waals surface area contributed by atoms with Gasteiger partial charge in [0.2, 0.25) is 0 Å². The third-order valence-electron chi connectivity index (χ3n) is 4.67. The molecule has 0 radical (unpaired) electrons. The summed E-state index contributed by atoms with van der Waals surface area (Å²) in [6, 6.07) is 18.5. The van der Waals surface area contributed by atoms with E-state index in [1.807, 2.05) is 19.9 Å². The summed E-state index contributed by atoms with van der Waals surface area (Å²) >= 11 is 0. The zero-order chi connectivity index (χ0) is 21.8. The standard InChI is InChI=1S/C24H22F4O2/c1-23(2,18-7-6-8-19(14-18)24(26,27)28)16-29-15-17-11-12-21(25)22(13-17)30-20-9-4-3-5-10-20/h3-14H,15-16H2,1-2H3. The monoisotopic (exact) mass is 418 g/mol. The molecule has 0 spiro atoms. The van der Waals surface area contributed by atoms with Crippen LogP contribution in [0.15, 0.2) is 72.8 Å². The molecule has 158 valence electrons. The van der Waals surface area contributed by atoms with Crippen LogP contribution in [0.3, 0.4) is 0 Å². The van der Waals surface area contributed by atoms with Gasteiger partial charge in [-0.2, -0.15) is 13.2 Å². The van der Waals surface area contributed by atoms with Gasteiger partial charge in [-0.05, 0) is 41.5 Å². The molecule has 6 heteroatoms. The van der Waals surface area contributed by atoms with Crippen LogP contribution >= 0.6 is 0 Å². The van der Waals surface area contributed by atoms with Gasteiger partial charge in [0.05, 0.1) is 18.8 Å². The first-order valence-electron chi connectivity index (χ1n) is 9.42. The molecule has 0 atom stereocenters. The van der Waals surface area contributed by atoms with E-state index in [-0.39, 0.29) is 19.0 Å². The first-order valence-corrected chi connectivity index (χ1v) is 9.42. The smallest absolute Gasteiger partial charge is 0.416 e. The Morgan fingerprint density at radius 2 is 1.50 bits per heavy atom. The molecule has 0 aliphatic rings. The molecule has 0 aliphatic carbocycles. The number of alkyl halides is 3. The second kappa shape index (κ2) is 8.88. The number of para-hydroxylation sites is 1. The second-order valence-corrected chi connectivity index (χ2v) is 7.64. The van der Waals surface area contributed by atoms with E-state index in [2.05, 4.69) is 0 Å². The van der Waals surface area contributed by atoms with Gasteiger partial charge in [0.25, 0.3) is 0 Å². The summed E-state index contributed by atoms with van der Waals surface area (Å²) in [5.41, 5.74) is -0.0917. The third-order valence-corrected chi connectivity index (χ3v) is 4.67. The van der Waals surface area contributed by atoms with E-state index < -0.39 is 23.0 Å². The molecule has 0 saturated carbocycles. The second-order valence-electron chi connectivity index (χ2n) is 7.64. The molecule has 0 aliphatic heterocycles.